The van der Waals surface area contributed by atoms with Crippen molar-refractivity contribution in [2.24, 2.45) is 0 Å². The minimum absolute atomic E-state index is 0.0276. The van der Waals surface area contributed by atoms with Crippen molar-refractivity contribution in [2.75, 3.05) is 0 Å². The van der Waals surface area contributed by atoms with Crippen LogP contribution in [0.3, 0.4) is 0 Å². The van der Waals surface area contributed by atoms with E-state index in [0.29, 0.717) is 16.7 Å². The minimum atomic E-state index is -1.09. The SMILES string of the molecule is O=C(CCc1nc2ccccc2c(=O)[nH]1)N[C@H](Cc1ccccc1)C(=O)O. The molecule has 1 atom stereocenters. The first kappa shape index (κ1) is 18.3. The molecule has 138 valence electrons. The molecule has 27 heavy (non-hydrogen) atoms. The van der Waals surface area contributed by atoms with Crippen LogP contribution < -0.4 is 10.9 Å². The highest BCUT2D eigenvalue weighted by molar-refractivity contribution is 5.84. The molecule has 0 bridgehead atoms. The zero-order chi connectivity index (χ0) is 19.2. The number of carbonyl (C=O) groups excluding carboxylic acids is 1. The van der Waals surface area contributed by atoms with E-state index in [1.54, 1.807) is 24.3 Å². The van der Waals surface area contributed by atoms with Crippen LogP contribution in [-0.2, 0) is 22.4 Å². The van der Waals surface area contributed by atoms with Crippen LogP contribution in [0.25, 0.3) is 10.9 Å². The Morgan fingerprint density at radius 2 is 1.78 bits per heavy atom. The van der Waals surface area contributed by atoms with E-state index in [2.05, 4.69) is 15.3 Å². The van der Waals surface area contributed by atoms with Gasteiger partial charge in [-0.05, 0) is 17.7 Å². The quantitative estimate of drug-likeness (QED) is 0.590. The molecule has 0 saturated heterocycles. The Labute approximate surface area is 155 Å². The molecule has 0 saturated carbocycles. The standard InChI is InChI=1S/C20H19N3O4/c24-18(22-16(20(26)27)12-13-6-2-1-3-7-13)11-10-17-21-15-9-5-4-8-14(15)19(25)23-17/h1-9,16H,10-12H2,(H,22,24)(H,26,27)(H,21,23,25)/t16-/m1/s1. The number of carboxylic acid groups (broad SMARTS) is 1. The molecule has 7 nitrogen and oxygen atoms in total. The second-order valence-corrected chi connectivity index (χ2v) is 6.18. The van der Waals surface area contributed by atoms with Crippen LogP contribution in [0.2, 0.25) is 0 Å². The van der Waals surface area contributed by atoms with Crippen LogP contribution in [0, 0.1) is 0 Å². The first-order valence-corrected chi connectivity index (χ1v) is 8.57. The summed E-state index contributed by atoms with van der Waals surface area (Å²) in [4.78, 5) is 42.6. The number of nitrogens with one attached hydrogen (secondary N) is 2. The Bertz CT molecular complexity index is 1010. The molecule has 3 N–H and O–H groups in total. The molecule has 1 aromatic heterocycles. The van der Waals surface area contributed by atoms with Crippen molar-refractivity contribution in [1.82, 2.24) is 15.3 Å². The summed E-state index contributed by atoms with van der Waals surface area (Å²) in [5.41, 5.74) is 1.12. The fourth-order valence-electron chi connectivity index (χ4n) is 2.80. The van der Waals surface area contributed by atoms with Gasteiger partial charge >= 0.3 is 5.97 Å². The van der Waals surface area contributed by atoms with E-state index in [1.807, 2.05) is 30.3 Å². The van der Waals surface area contributed by atoms with Crippen LogP contribution in [-0.4, -0.2) is 33.0 Å². The van der Waals surface area contributed by atoms with Crippen LogP contribution in [0.15, 0.2) is 59.4 Å². The number of rotatable bonds is 7. The monoisotopic (exact) mass is 365 g/mol. The summed E-state index contributed by atoms with van der Waals surface area (Å²) in [7, 11) is 0. The van der Waals surface area contributed by atoms with E-state index in [1.165, 1.54) is 0 Å². The third-order valence-corrected chi connectivity index (χ3v) is 4.17. The lowest BCUT2D eigenvalue weighted by Crippen LogP contribution is -2.42. The van der Waals surface area contributed by atoms with E-state index < -0.39 is 17.9 Å². The summed E-state index contributed by atoms with van der Waals surface area (Å²) in [5, 5.41) is 12.4. The second-order valence-electron chi connectivity index (χ2n) is 6.18. The van der Waals surface area contributed by atoms with Crippen molar-refractivity contribution in [3.05, 3.63) is 76.3 Å². The first-order chi connectivity index (χ1) is 13.0. The fourth-order valence-corrected chi connectivity index (χ4v) is 2.80. The molecule has 3 rings (SSSR count). The number of aliphatic carboxylic acids is 1. The van der Waals surface area contributed by atoms with Crippen LogP contribution in [0.1, 0.15) is 17.8 Å². The van der Waals surface area contributed by atoms with Gasteiger partial charge in [-0.1, -0.05) is 42.5 Å². The number of carboxylic acids is 1. The maximum atomic E-state index is 12.2. The van der Waals surface area contributed by atoms with Gasteiger partial charge in [-0.25, -0.2) is 9.78 Å². The average molecular weight is 365 g/mol. The van der Waals surface area contributed by atoms with Gasteiger partial charge in [0.05, 0.1) is 10.9 Å². The molecule has 3 aromatic rings. The van der Waals surface area contributed by atoms with E-state index in [0.717, 1.165) is 5.56 Å². The maximum absolute atomic E-state index is 12.2. The number of fused-ring (bicyclic) bond motifs is 1. The molecule has 0 spiro atoms. The van der Waals surface area contributed by atoms with Gasteiger partial charge in [0.25, 0.3) is 5.56 Å². The Hall–Kier alpha value is -3.48. The lowest BCUT2D eigenvalue weighted by Gasteiger charge is -2.14. The Balaban J connectivity index is 1.63. The second kappa shape index (κ2) is 8.27. The fraction of sp³-hybridized carbons (Fsp3) is 0.200. The predicted molar refractivity (Wildman–Crippen MR) is 100 cm³/mol. The smallest absolute Gasteiger partial charge is 0.326 e. The largest absolute Gasteiger partial charge is 0.480 e. The number of hydrogen-bond acceptors (Lipinski definition) is 4. The number of aryl methyl sites for hydroxylation is 1. The highest BCUT2D eigenvalue weighted by atomic mass is 16.4. The van der Waals surface area contributed by atoms with Gasteiger partial charge in [-0.3, -0.25) is 9.59 Å². The van der Waals surface area contributed by atoms with Gasteiger partial charge < -0.3 is 15.4 Å². The molecule has 0 radical (unpaired) electrons. The third kappa shape index (κ3) is 4.78. The van der Waals surface area contributed by atoms with Crippen molar-refractivity contribution < 1.29 is 14.7 Å². The summed E-state index contributed by atoms with van der Waals surface area (Å²) in [5.74, 6) is -1.11. The highest BCUT2D eigenvalue weighted by Gasteiger charge is 2.20. The zero-order valence-electron chi connectivity index (χ0n) is 14.5. The number of aromatic amines is 1. The van der Waals surface area contributed by atoms with Gasteiger partial charge in [0, 0.05) is 19.3 Å². The summed E-state index contributed by atoms with van der Waals surface area (Å²) in [6.07, 6.45) is 0.441. The lowest BCUT2D eigenvalue weighted by molar-refractivity contribution is -0.141. The van der Waals surface area contributed by atoms with Crippen molar-refractivity contribution >= 4 is 22.8 Å². The summed E-state index contributed by atoms with van der Waals surface area (Å²) in [6.45, 7) is 0. The zero-order valence-corrected chi connectivity index (χ0v) is 14.5. The van der Waals surface area contributed by atoms with E-state index >= 15 is 0 Å². The molecule has 0 unspecified atom stereocenters. The van der Waals surface area contributed by atoms with E-state index in [9.17, 15) is 19.5 Å². The molecule has 0 aliphatic rings. The Kier molecular flexibility index (Phi) is 5.61. The number of hydrogen-bond donors (Lipinski definition) is 3. The molecule has 7 heteroatoms. The topological polar surface area (TPSA) is 112 Å². The number of para-hydroxylation sites is 1. The van der Waals surface area contributed by atoms with Crippen LogP contribution in [0.4, 0.5) is 0 Å². The van der Waals surface area contributed by atoms with Crippen molar-refractivity contribution in [2.45, 2.75) is 25.3 Å². The highest BCUT2D eigenvalue weighted by Crippen LogP contribution is 2.07. The normalized spacial score (nSPS) is 11.9. The molecular weight excluding hydrogens is 346 g/mol. The minimum Gasteiger partial charge on any atom is -0.480 e. The van der Waals surface area contributed by atoms with Gasteiger partial charge in [0.1, 0.15) is 11.9 Å². The summed E-state index contributed by atoms with van der Waals surface area (Å²) in [6, 6.07) is 15.0. The van der Waals surface area contributed by atoms with Crippen LogP contribution >= 0.6 is 0 Å². The van der Waals surface area contributed by atoms with E-state index in [-0.39, 0.29) is 24.8 Å². The number of amides is 1. The Morgan fingerprint density at radius 1 is 1.07 bits per heavy atom. The molecule has 0 aliphatic carbocycles. The lowest BCUT2D eigenvalue weighted by atomic mass is 10.1. The first-order valence-electron chi connectivity index (χ1n) is 8.57. The number of benzene rings is 2. The van der Waals surface area contributed by atoms with Gasteiger partial charge in [-0.15, -0.1) is 0 Å². The molecule has 0 aliphatic heterocycles. The molecule has 1 heterocycles. The number of H-pyrrole nitrogens is 1. The van der Waals surface area contributed by atoms with Crippen molar-refractivity contribution in [3.63, 3.8) is 0 Å². The van der Waals surface area contributed by atoms with Gasteiger partial charge in [0.15, 0.2) is 0 Å². The van der Waals surface area contributed by atoms with E-state index in [4.69, 9.17) is 0 Å². The molecular formula is C20H19N3O4. The summed E-state index contributed by atoms with van der Waals surface area (Å²) < 4.78 is 0. The van der Waals surface area contributed by atoms with Crippen molar-refractivity contribution in [3.8, 4) is 0 Å². The van der Waals surface area contributed by atoms with Crippen molar-refractivity contribution in [1.29, 1.82) is 0 Å². The van der Waals surface area contributed by atoms with Crippen LogP contribution in [0.5, 0.6) is 0 Å². The number of aromatic nitrogens is 2. The maximum Gasteiger partial charge on any atom is 0.326 e. The number of nitrogens with zero attached hydrogens (tertiary/aromatic N) is 1. The summed E-state index contributed by atoms with van der Waals surface area (Å²) >= 11 is 0. The van der Waals surface area contributed by atoms with Gasteiger partial charge in [-0.2, -0.15) is 0 Å². The average Bonchev–Trinajstić information content (AvgIpc) is 2.67. The van der Waals surface area contributed by atoms with Gasteiger partial charge in [0.2, 0.25) is 5.91 Å². The third-order valence-electron chi connectivity index (χ3n) is 4.17. The number of carbonyl (C=O) groups is 2. The molecule has 1 amide bonds. The Morgan fingerprint density at radius 3 is 2.52 bits per heavy atom. The predicted octanol–water partition coefficient (Wildman–Crippen LogP) is 1.67. The molecule has 0 fully saturated rings. The molecule has 2 aromatic carbocycles.